The number of aromatic nitrogens is 1. The molecule has 1 aromatic heterocycles. The summed E-state index contributed by atoms with van der Waals surface area (Å²) < 4.78 is 16.1. The first-order chi connectivity index (χ1) is 9.68. The van der Waals surface area contributed by atoms with Gasteiger partial charge in [0, 0.05) is 38.6 Å². The van der Waals surface area contributed by atoms with E-state index in [1.54, 1.807) is 20.4 Å². The second-order valence-electron chi connectivity index (χ2n) is 5.52. The first-order valence-electron chi connectivity index (χ1n) is 7.03. The minimum Gasteiger partial charge on any atom is -0.493 e. The molecule has 0 spiro atoms. The molecular weight excluding hydrogens is 256 g/mol. The van der Waals surface area contributed by atoms with E-state index in [1.165, 1.54) is 0 Å². The molecule has 0 aromatic carbocycles. The van der Waals surface area contributed by atoms with Crippen molar-refractivity contribution < 1.29 is 14.2 Å². The van der Waals surface area contributed by atoms with E-state index in [0.29, 0.717) is 17.7 Å². The van der Waals surface area contributed by atoms with Crippen molar-refractivity contribution in [3.8, 4) is 11.5 Å². The van der Waals surface area contributed by atoms with Crippen LogP contribution in [0.1, 0.15) is 25.5 Å². The summed E-state index contributed by atoms with van der Waals surface area (Å²) in [4.78, 5) is 4.37. The molecule has 0 bridgehead atoms. The minimum absolute atomic E-state index is 0.310. The van der Waals surface area contributed by atoms with Gasteiger partial charge in [0.25, 0.3) is 0 Å². The summed E-state index contributed by atoms with van der Waals surface area (Å²) in [7, 11) is 3.28. The molecule has 0 saturated carbocycles. The van der Waals surface area contributed by atoms with Crippen LogP contribution >= 0.6 is 0 Å². The number of ether oxygens (including phenoxy) is 3. The van der Waals surface area contributed by atoms with Crippen molar-refractivity contribution >= 4 is 0 Å². The monoisotopic (exact) mass is 280 g/mol. The number of rotatable bonds is 6. The molecule has 2 heterocycles. The van der Waals surface area contributed by atoms with Crippen LogP contribution in [-0.2, 0) is 11.3 Å². The summed E-state index contributed by atoms with van der Waals surface area (Å²) in [5.74, 6) is 1.43. The zero-order valence-corrected chi connectivity index (χ0v) is 12.6. The van der Waals surface area contributed by atoms with E-state index in [4.69, 9.17) is 14.2 Å². The molecule has 112 valence electrons. The zero-order chi connectivity index (χ0) is 14.4. The highest BCUT2D eigenvalue weighted by Gasteiger charge is 2.26. The maximum absolute atomic E-state index is 5.42. The summed E-state index contributed by atoms with van der Waals surface area (Å²) in [6.07, 6.45) is 3.94. The number of pyridine rings is 1. The molecule has 1 aromatic rings. The molecular formula is C15H24N2O3. The molecule has 1 aliphatic heterocycles. The van der Waals surface area contributed by atoms with Crippen LogP contribution in [0.5, 0.6) is 11.5 Å². The molecule has 0 unspecified atom stereocenters. The summed E-state index contributed by atoms with van der Waals surface area (Å²) in [6, 6.07) is 1.81. The number of nitrogens with one attached hydrogen (secondary N) is 1. The molecule has 0 atom stereocenters. The van der Waals surface area contributed by atoms with E-state index in [-0.39, 0.29) is 0 Å². The second kappa shape index (κ2) is 6.90. The van der Waals surface area contributed by atoms with Crippen LogP contribution in [0.15, 0.2) is 12.3 Å². The number of nitrogens with zero attached hydrogens (tertiary/aromatic N) is 1. The fraction of sp³-hybridized carbons (Fsp3) is 0.667. The van der Waals surface area contributed by atoms with Crippen molar-refractivity contribution in [3.63, 3.8) is 0 Å². The molecule has 1 aliphatic rings. The van der Waals surface area contributed by atoms with Gasteiger partial charge in [-0.2, -0.15) is 0 Å². The van der Waals surface area contributed by atoms with Gasteiger partial charge in [-0.15, -0.1) is 0 Å². The first-order valence-corrected chi connectivity index (χ1v) is 7.03. The Hall–Kier alpha value is -1.33. The zero-order valence-electron chi connectivity index (χ0n) is 12.6. The molecule has 0 amide bonds. The van der Waals surface area contributed by atoms with Gasteiger partial charge >= 0.3 is 0 Å². The second-order valence-corrected chi connectivity index (χ2v) is 5.52. The normalized spacial score (nSPS) is 17.8. The molecule has 2 rings (SSSR count). The summed E-state index contributed by atoms with van der Waals surface area (Å²) in [6.45, 7) is 5.66. The highest BCUT2D eigenvalue weighted by molar-refractivity contribution is 5.42. The number of hydrogen-bond donors (Lipinski definition) is 1. The van der Waals surface area contributed by atoms with Crippen molar-refractivity contribution in [1.29, 1.82) is 0 Å². The van der Waals surface area contributed by atoms with Gasteiger partial charge in [0.2, 0.25) is 0 Å². The Balaban J connectivity index is 1.93. The van der Waals surface area contributed by atoms with Crippen molar-refractivity contribution in [2.45, 2.75) is 26.3 Å². The van der Waals surface area contributed by atoms with Gasteiger partial charge < -0.3 is 19.5 Å². The average molecular weight is 280 g/mol. The van der Waals surface area contributed by atoms with E-state index in [0.717, 1.165) is 44.0 Å². The van der Waals surface area contributed by atoms with Gasteiger partial charge in [-0.3, -0.25) is 4.98 Å². The Morgan fingerprint density at radius 2 is 2.05 bits per heavy atom. The lowest BCUT2D eigenvalue weighted by Crippen LogP contribution is -2.36. The van der Waals surface area contributed by atoms with Crippen molar-refractivity contribution in [2.24, 2.45) is 5.41 Å². The molecule has 0 aliphatic carbocycles. The van der Waals surface area contributed by atoms with Gasteiger partial charge in [-0.1, -0.05) is 6.92 Å². The van der Waals surface area contributed by atoms with Gasteiger partial charge in [-0.05, 0) is 18.3 Å². The highest BCUT2D eigenvalue weighted by Crippen LogP contribution is 2.30. The van der Waals surface area contributed by atoms with Crippen molar-refractivity contribution in [2.75, 3.05) is 34.0 Å². The number of methoxy groups -OCH3 is 2. The third-order valence-corrected chi connectivity index (χ3v) is 3.91. The van der Waals surface area contributed by atoms with Gasteiger partial charge in [-0.25, -0.2) is 0 Å². The average Bonchev–Trinajstić information content (AvgIpc) is 2.47. The quantitative estimate of drug-likeness (QED) is 0.864. The Kier molecular flexibility index (Phi) is 5.20. The molecule has 1 fully saturated rings. The van der Waals surface area contributed by atoms with Crippen LogP contribution < -0.4 is 14.8 Å². The van der Waals surface area contributed by atoms with Gasteiger partial charge in [0.1, 0.15) is 0 Å². The van der Waals surface area contributed by atoms with Gasteiger partial charge in [0.15, 0.2) is 11.5 Å². The van der Waals surface area contributed by atoms with Crippen LogP contribution in [0, 0.1) is 5.41 Å². The smallest absolute Gasteiger partial charge is 0.183 e. The maximum Gasteiger partial charge on any atom is 0.183 e. The fourth-order valence-corrected chi connectivity index (χ4v) is 2.50. The summed E-state index contributed by atoms with van der Waals surface area (Å²) >= 11 is 0. The van der Waals surface area contributed by atoms with Crippen molar-refractivity contribution in [1.82, 2.24) is 10.3 Å². The van der Waals surface area contributed by atoms with Crippen LogP contribution in [-0.4, -0.2) is 39.0 Å². The Bertz CT molecular complexity index is 431. The lowest BCUT2D eigenvalue weighted by atomic mass is 9.82. The number of hydrogen-bond acceptors (Lipinski definition) is 5. The predicted molar refractivity (Wildman–Crippen MR) is 77.2 cm³/mol. The predicted octanol–water partition coefficient (Wildman–Crippen LogP) is 2.01. The molecule has 5 heteroatoms. The third kappa shape index (κ3) is 3.61. The van der Waals surface area contributed by atoms with Crippen molar-refractivity contribution in [3.05, 3.63) is 18.0 Å². The van der Waals surface area contributed by atoms with Gasteiger partial charge in [0.05, 0.1) is 19.9 Å². The third-order valence-electron chi connectivity index (χ3n) is 3.91. The molecule has 5 nitrogen and oxygen atoms in total. The summed E-state index contributed by atoms with van der Waals surface area (Å²) in [5, 5.41) is 3.48. The molecule has 20 heavy (non-hydrogen) atoms. The lowest BCUT2D eigenvalue weighted by molar-refractivity contribution is 0.0239. The Labute approximate surface area is 120 Å². The fourth-order valence-electron chi connectivity index (χ4n) is 2.50. The Morgan fingerprint density at radius 3 is 2.70 bits per heavy atom. The van der Waals surface area contributed by atoms with E-state index in [2.05, 4.69) is 17.2 Å². The van der Waals surface area contributed by atoms with E-state index in [1.807, 2.05) is 6.07 Å². The Morgan fingerprint density at radius 1 is 1.30 bits per heavy atom. The van der Waals surface area contributed by atoms with E-state index >= 15 is 0 Å². The molecule has 1 saturated heterocycles. The maximum atomic E-state index is 5.42. The summed E-state index contributed by atoms with van der Waals surface area (Å²) in [5.41, 5.74) is 1.19. The van der Waals surface area contributed by atoms with Crippen LogP contribution in [0.25, 0.3) is 0 Å². The van der Waals surface area contributed by atoms with Crippen LogP contribution in [0.3, 0.4) is 0 Å². The minimum atomic E-state index is 0.310. The SMILES string of the molecule is COc1ccnc(CNCC2(C)CCOCC2)c1OC. The lowest BCUT2D eigenvalue weighted by Gasteiger charge is -2.33. The van der Waals surface area contributed by atoms with E-state index in [9.17, 15) is 0 Å². The van der Waals surface area contributed by atoms with Crippen LogP contribution in [0.4, 0.5) is 0 Å². The standard InChI is InChI=1S/C15H24N2O3/c1-15(5-8-20-9-6-15)11-16-10-12-14(19-3)13(18-2)4-7-17-12/h4,7,16H,5-6,8-11H2,1-3H3. The van der Waals surface area contributed by atoms with E-state index < -0.39 is 0 Å². The molecule has 1 N–H and O–H groups in total. The molecule has 0 radical (unpaired) electrons. The largest absolute Gasteiger partial charge is 0.493 e. The highest BCUT2D eigenvalue weighted by atomic mass is 16.5. The first kappa shape index (κ1) is 15.1. The topological polar surface area (TPSA) is 52.6 Å². The van der Waals surface area contributed by atoms with Crippen LogP contribution in [0.2, 0.25) is 0 Å².